The van der Waals surface area contributed by atoms with Gasteiger partial charge in [0.1, 0.15) is 17.0 Å². The normalized spacial score (nSPS) is 11.9. The van der Waals surface area contributed by atoms with Gasteiger partial charge in [-0.15, -0.1) is 10.2 Å². The number of amides is 2. The second kappa shape index (κ2) is 11.1. The summed E-state index contributed by atoms with van der Waals surface area (Å²) in [5.41, 5.74) is 3.10. The van der Waals surface area contributed by atoms with Crippen molar-refractivity contribution in [2.24, 2.45) is 7.05 Å². The number of oxazole rings is 1. The molecule has 3 N–H and O–H groups in total. The summed E-state index contributed by atoms with van der Waals surface area (Å²) in [7, 11) is 1.64. The molecule has 5 aromatic rings. The maximum Gasteiger partial charge on any atom is 0.269 e. The molecule has 0 aliphatic rings. The van der Waals surface area contributed by atoms with Gasteiger partial charge in [-0.1, -0.05) is 12.1 Å². The van der Waals surface area contributed by atoms with Gasteiger partial charge in [0.05, 0.1) is 13.1 Å². The number of aromatic nitrogens is 6. The lowest BCUT2D eigenvalue weighted by molar-refractivity contribution is -0.114. The van der Waals surface area contributed by atoms with Gasteiger partial charge in [0, 0.05) is 37.5 Å². The maximum absolute atomic E-state index is 13.8. The van der Waals surface area contributed by atoms with Crippen LogP contribution < -0.4 is 16.0 Å². The third-order valence-electron chi connectivity index (χ3n) is 5.67. The molecule has 198 valence electrons. The zero-order valence-electron chi connectivity index (χ0n) is 21.1. The first-order chi connectivity index (χ1) is 18.9. The number of fused-ring (bicyclic) bond motifs is 1. The fraction of sp³-hybridized carbons (Fsp3) is 0.192. The Hall–Kier alpha value is -5.04. The van der Waals surface area contributed by atoms with Crippen molar-refractivity contribution in [1.82, 2.24) is 40.8 Å². The van der Waals surface area contributed by atoms with Crippen LogP contribution in [0.15, 0.2) is 65.2 Å². The van der Waals surface area contributed by atoms with Crippen molar-refractivity contribution in [2.45, 2.75) is 13.0 Å². The molecule has 13 heteroatoms. The van der Waals surface area contributed by atoms with Crippen LogP contribution in [0.2, 0.25) is 0 Å². The van der Waals surface area contributed by atoms with E-state index in [9.17, 15) is 14.0 Å². The molecule has 0 aliphatic carbocycles. The number of rotatable bonds is 9. The van der Waals surface area contributed by atoms with Crippen molar-refractivity contribution in [2.75, 3.05) is 18.4 Å². The zero-order valence-corrected chi connectivity index (χ0v) is 21.1. The number of anilines is 1. The third-order valence-corrected chi connectivity index (χ3v) is 5.67. The van der Waals surface area contributed by atoms with Crippen LogP contribution in [0.3, 0.4) is 0 Å². The van der Waals surface area contributed by atoms with E-state index in [-0.39, 0.29) is 29.9 Å². The molecule has 39 heavy (non-hydrogen) atoms. The van der Waals surface area contributed by atoms with Crippen LogP contribution >= 0.6 is 0 Å². The molecule has 0 saturated heterocycles. The summed E-state index contributed by atoms with van der Waals surface area (Å²) in [6, 6.07) is 14.0. The highest BCUT2D eigenvalue weighted by Crippen LogP contribution is 2.26. The Balaban J connectivity index is 1.23. The van der Waals surface area contributed by atoms with E-state index in [0.717, 1.165) is 0 Å². The number of hydrogen-bond acceptors (Lipinski definition) is 9. The fourth-order valence-corrected chi connectivity index (χ4v) is 3.96. The van der Waals surface area contributed by atoms with Gasteiger partial charge < -0.3 is 20.4 Å². The van der Waals surface area contributed by atoms with E-state index in [2.05, 4.69) is 41.3 Å². The number of carbonyl (C=O) groups is 2. The van der Waals surface area contributed by atoms with Gasteiger partial charge >= 0.3 is 0 Å². The molecule has 5 rings (SSSR count). The minimum atomic E-state index is -0.516. The maximum atomic E-state index is 13.8. The van der Waals surface area contributed by atoms with E-state index in [1.54, 1.807) is 49.5 Å². The molecular weight excluding hydrogens is 505 g/mol. The Morgan fingerprint density at radius 2 is 1.97 bits per heavy atom. The SMILES string of the molecule is CC(=O)Nc1ccc2oc(-c3ccnc(C(=O)NCCNC(c4cccc(F)c4)c4nnn(C)n4)c3)nc2c1. The predicted molar refractivity (Wildman–Crippen MR) is 139 cm³/mol. The number of nitrogens with one attached hydrogen (secondary N) is 3. The lowest BCUT2D eigenvalue weighted by Gasteiger charge is -2.16. The minimum Gasteiger partial charge on any atom is -0.436 e. The largest absolute Gasteiger partial charge is 0.436 e. The molecule has 12 nitrogen and oxygen atoms in total. The minimum absolute atomic E-state index is 0.186. The number of hydrogen-bond donors (Lipinski definition) is 3. The van der Waals surface area contributed by atoms with Crippen LogP contribution in [0.4, 0.5) is 10.1 Å². The highest BCUT2D eigenvalue weighted by Gasteiger charge is 2.20. The lowest BCUT2D eigenvalue weighted by Crippen LogP contribution is -2.34. The van der Waals surface area contributed by atoms with E-state index >= 15 is 0 Å². The first-order valence-corrected chi connectivity index (χ1v) is 12.0. The molecule has 2 amide bonds. The van der Waals surface area contributed by atoms with Crippen molar-refractivity contribution in [3.8, 4) is 11.5 Å². The Labute approximate surface area is 221 Å². The predicted octanol–water partition coefficient (Wildman–Crippen LogP) is 2.62. The van der Waals surface area contributed by atoms with Crippen LogP contribution in [0.5, 0.6) is 0 Å². The summed E-state index contributed by atoms with van der Waals surface area (Å²) < 4.78 is 19.7. The van der Waals surface area contributed by atoms with Gasteiger partial charge in [-0.05, 0) is 53.2 Å². The van der Waals surface area contributed by atoms with Crippen molar-refractivity contribution in [1.29, 1.82) is 0 Å². The van der Waals surface area contributed by atoms with E-state index < -0.39 is 6.04 Å². The van der Waals surface area contributed by atoms with Crippen LogP contribution in [0, 0.1) is 5.82 Å². The highest BCUT2D eigenvalue weighted by molar-refractivity contribution is 5.94. The number of tetrazole rings is 1. The number of aryl methyl sites for hydroxylation is 1. The summed E-state index contributed by atoms with van der Waals surface area (Å²) in [5.74, 6) is -0.256. The molecule has 0 fully saturated rings. The molecule has 0 saturated carbocycles. The molecule has 1 atom stereocenters. The second-order valence-electron chi connectivity index (χ2n) is 8.65. The van der Waals surface area contributed by atoms with E-state index in [1.165, 1.54) is 30.0 Å². The quantitative estimate of drug-likeness (QED) is 0.245. The van der Waals surface area contributed by atoms with E-state index in [4.69, 9.17) is 4.42 Å². The number of benzene rings is 2. The molecule has 3 aromatic heterocycles. The molecule has 0 aliphatic heterocycles. The van der Waals surface area contributed by atoms with Gasteiger partial charge in [-0.3, -0.25) is 14.6 Å². The molecule has 0 spiro atoms. The van der Waals surface area contributed by atoms with Gasteiger partial charge in [-0.2, -0.15) is 4.80 Å². The van der Waals surface area contributed by atoms with Crippen LogP contribution in [0.1, 0.15) is 34.8 Å². The summed E-state index contributed by atoms with van der Waals surface area (Å²) in [5, 5.41) is 20.9. The van der Waals surface area contributed by atoms with Gasteiger partial charge in [-0.25, -0.2) is 9.37 Å². The van der Waals surface area contributed by atoms with Gasteiger partial charge in [0.2, 0.25) is 11.8 Å². The number of nitrogens with zero attached hydrogens (tertiary/aromatic N) is 6. The molecule has 0 bridgehead atoms. The number of pyridine rings is 1. The standard InChI is InChI=1S/C26H24FN9O3/c1-15(37)31-19-6-7-22-20(14-19)32-26(39-22)17-8-9-28-21(13-17)25(38)30-11-10-29-23(24-33-35-36(2)34-24)16-4-3-5-18(27)12-16/h3-9,12-14,23,29H,10-11H2,1-2H3,(H,30,38)(H,31,37). The van der Waals surface area contributed by atoms with Crippen LogP contribution in [0.25, 0.3) is 22.6 Å². The summed E-state index contributed by atoms with van der Waals surface area (Å²) in [4.78, 5) is 34.1. The fourth-order valence-electron chi connectivity index (χ4n) is 3.96. The number of halogens is 1. The monoisotopic (exact) mass is 529 g/mol. The summed E-state index contributed by atoms with van der Waals surface area (Å²) in [6.45, 7) is 2.02. The summed E-state index contributed by atoms with van der Waals surface area (Å²) >= 11 is 0. The van der Waals surface area contributed by atoms with Crippen molar-refractivity contribution in [3.63, 3.8) is 0 Å². The molecule has 3 heterocycles. The highest BCUT2D eigenvalue weighted by atomic mass is 19.1. The van der Waals surface area contributed by atoms with E-state index in [0.29, 0.717) is 46.2 Å². The molecule has 1 unspecified atom stereocenters. The van der Waals surface area contributed by atoms with Crippen molar-refractivity contribution in [3.05, 3.63) is 83.7 Å². The molecule has 2 aromatic carbocycles. The van der Waals surface area contributed by atoms with Crippen molar-refractivity contribution >= 4 is 28.6 Å². The number of carbonyl (C=O) groups excluding carboxylic acids is 2. The lowest BCUT2D eigenvalue weighted by atomic mass is 10.1. The Morgan fingerprint density at radius 1 is 1.10 bits per heavy atom. The molecular formula is C26H24FN9O3. The average molecular weight is 530 g/mol. The Morgan fingerprint density at radius 3 is 2.74 bits per heavy atom. The Bertz CT molecular complexity index is 1650. The topological polar surface area (TPSA) is 153 Å². The second-order valence-corrected chi connectivity index (χ2v) is 8.65. The Kier molecular flexibility index (Phi) is 7.32. The average Bonchev–Trinajstić information content (AvgIpc) is 3.54. The molecule has 0 radical (unpaired) electrons. The smallest absolute Gasteiger partial charge is 0.269 e. The first-order valence-electron chi connectivity index (χ1n) is 12.0. The van der Waals surface area contributed by atoms with E-state index in [1.807, 2.05) is 0 Å². The van der Waals surface area contributed by atoms with Crippen LogP contribution in [-0.4, -0.2) is 55.1 Å². The van der Waals surface area contributed by atoms with Crippen LogP contribution in [-0.2, 0) is 11.8 Å². The van der Waals surface area contributed by atoms with Gasteiger partial charge in [0.25, 0.3) is 5.91 Å². The first kappa shape index (κ1) is 25.6. The summed E-state index contributed by atoms with van der Waals surface area (Å²) in [6.07, 6.45) is 1.50. The zero-order chi connectivity index (χ0) is 27.4. The van der Waals surface area contributed by atoms with Gasteiger partial charge in [0.15, 0.2) is 11.4 Å². The van der Waals surface area contributed by atoms with Crippen molar-refractivity contribution < 1.29 is 18.4 Å². The third kappa shape index (κ3) is 6.10.